The van der Waals surface area contributed by atoms with Gasteiger partial charge in [0.05, 0.1) is 5.52 Å². The van der Waals surface area contributed by atoms with Crippen molar-refractivity contribution in [2.45, 2.75) is 63.7 Å². The molecule has 4 aromatic rings. The molecule has 6 rings (SSSR count). The standard InChI is InChI=1S/C27H29N9/c1-17-10-26(35-34-17)32-25-13-24-23(6-3-9-29-24)27(33-25)31-20-11-21-4-2-5-22(12-20)36(21)16-18-7-8-19(14-28)30-15-18/h3,6-10,13,15,20-22H,2,4-5,11-12,16H2,1H3,(H3,31,32,33,34,35)/t20?,21-,22+. The van der Waals surface area contributed by atoms with Crippen LogP contribution < -0.4 is 10.6 Å². The van der Waals surface area contributed by atoms with Crippen LogP contribution in [0.5, 0.6) is 0 Å². The number of nitrogens with zero attached hydrogens (tertiary/aromatic N) is 6. The van der Waals surface area contributed by atoms with Gasteiger partial charge in [-0.25, -0.2) is 9.97 Å². The highest BCUT2D eigenvalue weighted by Gasteiger charge is 2.38. The van der Waals surface area contributed by atoms with Crippen LogP contribution in [-0.2, 0) is 6.54 Å². The fourth-order valence-corrected chi connectivity index (χ4v) is 5.71. The van der Waals surface area contributed by atoms with Gasteiger partial charge >= 0.3 is 0 Å². The van der Waals surface area contributed by atoms with E-state index in [0.29, 0.717) is 23.8 Å². The maximum atomic E-state index is 9.04. The fraction of sp³-hybridized carbons (Fsp3) is 0.370. The largest absolute Gasteiger partial charge is 0.367 e. The normalized spacial score (nSPS) is 21.7. The number of nitriles is 1. The van der Waals surface area contributed by atoms with Gasteiger partial charge in [-0.15, -0.1) is 0 Å². The van der Waals surface area contributed by atoms with E-state index in [1.807, 2.05) is 49.6 Å². The average Bonchev–Trinajstić information content (AvgIpc) is 3.29. The van der Waals surface area contributed by atoms with Gasteiger partial charge in [-0.3, -0.25) is 15.0 Å². The van der Waals surface area contributed by atoms with Crippen LogP contribution in [0.1, 0.15) is 49.1 Å². The molecule has 0 saturated carbocycles. The average molecular weight is 480 g/mol. The zero-order valence-corrected chi connectivity index (χ0v) is 20.3. The summed E-state index contributed by atoms with van der Waals surface area (Å²) in [6.07, 6.45) is 9.48. The Balaban J connectivity index is 1.21. The van der Waals surface area contributed by atoms with Crippen molar-refractivity contribution in [3.05, 3.63) is 65.7 Å². The predicted molar refractivity (Wildman–Crippen MR) is 139 cm³/mol. The Morgan fingerprint density at radius 3 is 2.69 bits per heavy atom. The summed E-state index contributed by atoms with van der Waals surface area (Å²) in [5, 5.41) is 24.4. The van der Waals surface area contributed by atoms with E-state index in [4.69, 9.17) is 10.2 Å². The van der Waals surface area contributed by atoms with Crippen molar-refractivity contribution in [3.63, 3.8) is 0 Å². The van der Waals surface area contributed by atoms with Crippen LogP contribution in [0.15, 0.2) is 48.8 Å². The monoisotopic (exact) mass is 479 g/mol. The zero-order chi connectivity index (χ0) is 24.5. The van der Waals surface area contributed by atoms with Gasteiger partial charge in [0, 0.05) is 60.3 Å². The Morgan fingerprint density at radius 2 is 1.97 bits per heavy atom. The highest BCUT2D eigenvalue weighted by Crippen LogP contribution is 2.37. The molecule has 0 aliphatic carbocycles. The molecule has 6 heterocycles. The quantitative estimate of drug-likeness (QED) is 0.365. The Morgan fingerprint density at radius 1 is 1.11 bits per heavy atom. The summed E-state index contributed by atoms with van der Waals surface area (Å²) in [7, 11) is 0. The summed E-state index contributed by atoms with van der Waals surface area (Å²) >= 11 is 0. The summed E-state index contributed by atoms with van der Waals surface area (Å²) in [5.74, 6) is 2.32. The Hall–Kier alpha value is -4.03. The number of hydrogen-bond donors (Lipinski definition) is 3. The van der Waals surface area contributed by atoms with Gasteiger partial charge in [-0.1, -0.05) is 12.5 Å². The van der Waals surface area contributed by atoms with Crippen LogP contribution in [0.4, 0.5) is 17.5 Å². The highest BCUT2D eigenvalue weighted by atomic mass is 15.2. The fourth-order valence-electron chi connectivity index (χ4n) is 5.71. The van der Waals surface area contributed by atoms with Gasteiger partial charge in [-0.05, 0) is 56.4 Å². The third kappa shape index (κ3) is 4.60. The molecule has 0 radical (unpaired) electrons. The van der Waals surface area contributed by atoms with Gasteiger partial charge < -0.3 is 10.6 Å². The van der Waals surface area contributed by atoms with Gasteiger partial charge in [-0.2, -0.15) is 10.4 Å². The molecule has 3 atom stereocenters. The van der Waals surface area contributed by atoms with Crippen LogP contribution >= 0.6 is 0 Å². The summed E-state index contributed by atoms with van der Waals surface area (Å²) < 4.78 is 0. The van der Waals surface area contributed by atoms with Crippen molar-refractivity contribution in [2.75, 3.05) is 10.6 Å². The topological polar surface area (TPSA) is 118 Å². The first-order valence-corrected chi connectivity index (χ1v) is 12.6. The van der Waals surface area contributed by atoms with Crippen molar-refractivity contribution < 1.29 is 0 Å². The van der Waals surface area contributed by atoms with Crippen LogP contribution in [0.2, 0.25) is 0 Å². The Bertz CT molecular complexity index is 1390. The van der Waals surface area contributed by atoms with Crippen molar-refractivity contribution in [2.24, 2.45) is 0 Å². The molecular weight excluding hydrogens is 450 g/mol. The third-order valence-electron chi connectivity index (χ3n) is 7.33. The number of H-pyrrole nitrogens is 1. The molecule has 0 spiro atoms. The van der Waals surface area contributed by atoms with Gasteiger partial charge in [0.15, 0.2) is 5.82 Å². The molecule has 9 heteroatoms. The predicted octanol–water partition coefficient (Wildman–Crippen LogP) is 4.67. The number of pyridine rings is 3. The first-order valence-electron chi connectivity index (χ1n) is 12.6. The van der Waals surface area contributed by atoms with E-state index in [1.54, 1.807) is 0 Å². The first kappa shape index (κ1) is 22.4. The molecule has 2 bridgehead atoms. The van der Waals surface area contributed by atoms with E-state index in [-0.39, 0.29) is 0 Å². The lowest BCUT2D eigenvalue weighted by Gasteiger charge is -2.49. The zero-order valence-electron chi connectivity index (χ0n) is 20.3. The second-order valence-corrected chi connectivity index (χ2v) is 9.87. The van der Waals surface area contributed by atoms with Crippen LogP contribution in [0, 0.1) is 18.3 Å². The number of aromatic amines is 1. The molecular formula is C27H29N9. The van der Waals surface area contributed by atoms with Gasteiger partial charge in [0.2, 0.25) is 0 Å². The van der Waals surface area contributed by atoms with E-state index in [0.717, 1.165) is 53.4 Å². The minimum atomic E-state index is 0.342. The minimum Gasteiger partial charge on any atom is -0.367 e. The smallest absolute Gasteiger partial charge is 0.153 e. The van der Waals surface area contributed by atoms with Gasteiger partial charge in [0.1, 0.15) is 23.4 Å². The van der Waals surface area contributed by atoms with E-state index in [9.17, 15) is 0 Å². The summed E-state index contributed by atoms with van der Waals surface area (Å²) in [5.41, 5.74) is 3.53. The van der Waals surface area contributed by atoms with Crippen LogP contribution in [0.25, 0.3) is 10.9 Å². The van der Waals surface area contributed by atoms with Crippen LogP contribution in [0.3, 0.4) is 0 Å². The number of hydrogen-bond acceptors (Lipinski definition) is 8. The lowest BCUT2D eigenvalue weighted by Crippen LogP contribution is -2.54. The Kier molecular flexibility index (Phi) is 5.95. The summed E-state index contributed by atoms with van der Waals surface area (Å²) in [4.78, 5) is 16.4. The number of anilines is 3. The Labute approximate surface area is 210 Å². The van der Waals surface area contributed by atoms with Crippen molar-refractivity contribution in [3.8, 4) is 6.07 Å². The number of piperidine rings is 2. The number of aromatic nitrogens is 5. The molecule has 4 aromatic heterocycles. The maximum absolute atomic E-state index is 9.04. The first-order chi connectivity index (χ1) is 17.6. The summed E-state index contributed by atoms with van der Waals surface area (Å²) in [6, 6.07) is 15.3. The molecule has 182 valence electrons. The molecule has 2 aliphatic rings. The van der Waals surface area contributed by atoms with Crippen molar-refractivity contribution in [1.29, 1.82) is 5.26 Å². The molecule has 0 aromatic carbocycles. The number of rotatable bonds is 6. The number of nitrogens with one attached hydrogen (secondary N) is 3. The van der Waals surface area contributed by atoms with E-state index >= 15 is 0 Å². The van der Waals surface area contributed by atoms with Crippen LogP contribution in [-0.4, -0.2) is 48.2 Å². The lowest BCUT2D eigenvalue weighted by molar-refractivity contribution is 0.0276. The third-order valence-corrected chi connectivity index (χ3v) is 7.33. The second kappa shape index (κ2) is 9.55. The van der Waals surface area contributed by atoms with Gasteiger partial charge in [0.25, 0.3) is 0 Å². The molecule has 2 fully saturated rings. The molecule has 1 unspecified atom stereocenters. The molecule has 0 amide bonds. The molecule has 3 N–H and O–H groups in total. The second-order valence-electron chi connectivity index (χ2n) is 9.87. The van der Waals surface area contributed by atoms with E-state index < -0.39 is 0 Å². The molecule has 36 heavy (non-hydrogen) atoms. The van der Waals surface area contributed by atoms with Crippen molar-refractivity contribution in [1.82, 2.24) is 30.0 Å². The maximum Gasteiger partial charge on any atom is 0.153 e. The van der Waals surface area contributed by atoms with E-state index in [1.165, 1.54) is 24.8 Å². The lowest BCUT2D eigenvalue weighted by atomic mass is 9.81. The molecule has 2 saturated heterocycles. The molecule has 2 aliphatic heterocycles. The SMILES string of the molecule is Cc1cc(Nc2cc3ncccc3c(NC3C[C@H]4CCC[C@@H](C3)N4Cc3ccc(C#N)nc3)n2)n[nH]1. The highest BCUT2D eigenvalue weighted by molar-refractivity contribution is 5.91. The minimum absolute atomic E-state index is 0.342. The number of aryl methyl sites for hydroxylation is 1. The van der Waals surface area contributed by atoms with E-state index in [2.05, 4.69) is 47.8 Å². The van der Waals surface area contributed by atoms with Crippen molar-refractivity contribution >= 4 is 28.4 Å². The molecule has 9 nitrogen and oxygen atoms in total. The number of fused-ring (bicyclic) bond motifs is 3. The summed E-state index contributed by atoms with van der Waals surface area (Å²) in [6.45, 7) is 2.86.